The van der Waals surface area contributed by atoms with Gasteiger partial charge < -0.3 is 0 Å². The zero-order valence-electron chi connectivity index (χ0n) is 7.10. The summed E-state index contributed by atoms with van der Waals surface area (Å²) in [6.07, 6.45) is 6.26. The van der Waals surface area contributed by atoms with Crippen LogP contribution in [-0.4, -0.2) is 0 Å². The first-order valence-corrected chi connectivity index (χ1v) is 4.23. The Morgan fingerprint density at radius 1 is 1.33 bits per heavy atom. The van der Waals surface area contributed by atoms with Crippen molar-refractivity contribution in [1.29, 1.82) is 0 Å². The number of halogens is 1. The van der Waals surface area contributed by atoms with Crippen molar-refractivity contribution < 1.29 is 4.39 Å². The van der Waals surface area contributed by atoms with Crippen LogP contribution in [0, 0.1) is 12.7 Å². The third kappa shape index (κ3) is 1.06. The van der Waals surface area contributed by atoms with Crippen LogP contribution in [0.1, 0.15) is 23.1 Å². The zero-order chi connectivity index (χ0) is 8.55. The van der Waals surface area contributed by atoms with Crippen molar-refractivity contribution in [2.24, 2.45) is 0 Å². The van der Waals surface area contributed by atoms with Crippen molar-refractivity contribution in [3.63, 3.8) is 0 Å². The molecular formula is C11H11F. The normalized spacial score (nSPS) is 14.5. The van der Waals surface area contributed by atoms with E-state index >= 15 is 0 Å². The maximum absolute atomic E-state index is 13.1. The minimum Gasteiger partial charge on any atom is -0.207 e. The Morgan fingerprint density at radius 3 is 3.00 bits per heavy atom. The van der Waals surface area contributed by atoms with E-state index < -0.39 is 0 Å². The highest BCUT2D eigenvalue weighted by atomic mass is 19.1. The molecule has 0 aliphatic heterocycles. The van der Waals surface area contributed by atoms with E-state index in [1.165, 1.54) is 5.56 Å². The molecule has 0 saturated carbocycles. The van der Waals surface area contributed by atoms with Gasteiger partial charge in [-0.15, -0.1) is 0 Å². The third-order valence-corrected chi connectivity index (χ3v) is 2.40. The second-order valence-electron chi connectivity index (χ2n) is 3.19. The number of allylic oxidation sites excluding steroid dienone is 1. The largest absolute Gasteiger partial charge is 0.207 e. The van der Waals surface area contributed by atoms with E-state index in [0.717, 1.165) is 24.0 Å². The molecule has 0 saturated heterocycles. The highest BCUT2D eigenvalue weighted by Crippen LogP contribution is 2.23. The van der Waals surface area contributed by atoms with E-state index in [0.29, 0.717) is 0 Å². The maximum atomic E-state index is 13.1. The van der Waals surface area contributed by atoms with Crippen LogP contribution in [0.25, 0.3) is 6.08 Å². The summed E-state index contributed by atoms with van der Waals surface area (Å²) in [4.78, 5) is 0. The molecule has 0 bridgehead atoms. The summed E-state index contributed by atoms with van der Waals surface area (Å²) in [5.74, 6) is -0.0969. The molecule has 1 aromatic carbocycles. The molecule has 1 aromatic rings. The number of benzene rings is 1. The molecule has 1 heteroatoms. The number of rotatable bonds is 0. The summed E-state index contributed by atoms with van der Waals surface area (Å²) in [5.41, 5.74) is 3.14. The topological polar surface area (TPSA) is 0 Å². The van der Waals surface area contributed by atoms with Gasteiger partial charge in [0.1, 0.15) is 5.82 Å². The molecule has 0 N–H and O–H groups in total. The molecule has 0 aromatic heterocycles. The van der Waals surface area contributed by atoms with Crippen LogP contribution >= 0.6 is 0 Å². The number of aryl methyl sites for hydroxylation is 1. The molecule has 1 aliphatic rings. The maximum Gasteiger partial charge on any atom is 0.126 e. The summed E-state index contributed by atoms with van der Waals surface area (Å²) in [6.45, 7) is 1.84. The lowest BCUT2D eigenvalue weighted by atomic mass is 9.94. The molecule has 0 amide bonds. The highest BCUT2D eigenvalue weighted by Gasteiger charge is 2.09. The zero-order valence-corrected chi connectivity index (χ0v) is 7.10. The van der Waals surface area contributed by atoms with E-state index in [4.69, 9.17) is 0 Å². The number of hydrogen-bond acceptors (Lipinski definition) is 0. The van der Waals surface area contributed by atoms with Gasteiger partial charge in [0, 0.05) is 0 Å². The van der Waals surface area contributed by atoms with Crippen molar-refractivity contribution in [3.8, 4) is 0 Å². The van der Waals surface area contributed by atoms with Gasteiger partial charge in [-0.2, -0.15) is 0 Å². The first kappa shape index (κ1) is 7.53. The van der Waals surface area contributed by atoms with Crippen LogP contribution in [0.4, 0.5) is 4.39 Å². The van der Waals surface area contributed by atoms with Gasteiger partial charge in [-0.25, -0.2) is 4.39 Å². The molecular weight excluding hydrogens is 151 g/mol. The van der Waals surface area contributed by atoms with Crippen molar-refractivity contribution in [1.82, 2.24) is 0 Å². The molecule has 0 spiro atoms. The second kappa shape index (κ2) is 2.74. The van der Waals surface area contributed by atoms with Gasteiger partial charge in [0.2, 0.25) is 0 Å². The average molecular weight is 162 g/mol. The van der Waals surface area contributed by atoms with Crippen LogP contribution in [0.3, 0.4) is 0 Å². The average Bonchev–Trinajstić information content (AvgIpc) is 2.12. The summed E-state index contributed by atoms with van der Waals surface area (Å²) in [5, 5.41) is 0. The Labute approximate surface area is 71.7 Å². The minimum atomic E-state index is -0.0969. The fourth-order valence-electron chi connectivity index (χ4n) is 1.65. The summed E-state index contributed by atoms with van der Waals surface area (Å²) >= 11 is 0. The molecule has 0 fully saturated rings. The number of fused-ring (bicyclic) bond motifs is 1. The molecule has 2 rings (SSSR count). The molecule has 12 heavy (non-hydrogen) atoms. The van der Waals surface area contributed by atoms with E-state index in [9.17, 15) is 4.39 Å². The van der Waals surface area contributed by atoms with Crippen LogP contribution in [0.15, 0.2) is 18.2 Å². The Hall–Kier alpha value is -1.11. The van der Waals surface area contributed by atoms with Crippen molar-refractivity contribution in [2.45, 2.75) is 19.8 Å². The van der Waals surface area contributed by atoms with Gasteiger partial charge in [0.25, 0.3) is 0 Å². The molecule has 0 unspecified atom stereocenters. The Balaban J connectivity index is 2.64. The fraction of sp³-hybridized carbons (Fsp3) is 0.273. The molecule has 0 heterocycles. The Kier molecular flexibility index (Phi) is 1.72. The quantitative estimate of drug-likeness (QED) is 0.550. The van der Waals surface area contributed by atoms with Gasteiger partial charge in [-0.05, 0) is 42.5 Å². The van der Waals surface area contributed by atoms with Crippen molar-refractivity contribution in [3.05, 3.63) is 40.7 Å². The van der Waals surface area contributed by atoms with Crippen molar-refractivity contribution >= 4 is 6.08 Å². The van der Waals surface area contributed by atoms with Gasteiger partial charge >= 0.3 is 0 Å². The highest BCUT2D eigenvalue weighted by molar-refractivity contribution is 5.60. The number of hydrogen-bond donors (Lipinski definition) is 0. The van der Waals surface area contributed by atoms with Crippen LogP contribution in [0.2, 0.25) is 0 Å². The lowest BCUT2D eigenvalue weighted by Crippen LogP contribution is -1.98. The molecule has 0 radical (unpaired) electrons. The summed E-state index contributed by atoms with van der Waals surface area (Å²) < 4.78 is 13.1. The summed E-state index contributed by atoms with van der Waals surface area (Å²) in [6, 6.07) is 3.45. The monoisotopic (exact) mass is 162 g/mol. The second-order valence-corrected chi connectivity index (χ2v) is 3.19. The first-order valence-electron chi connectivity index (χ1n) is 4.23. The van der Waals surface area contributed by atoms with E-state index in [2.05, 4.69) is 6.08 Å². The third-order valence-electron chi connectivity index (χ3n) is 2.40. The van der Waals surface area contributed by atoms with E-state index in [1.807, 2.05) is 19.1 Å². The van der Waals surface area contributed by atoms with Gasteiger partial charge in [0.15, 0.2) is 0 Å². The van der Waals surface area contributed by atoms with Crippen LogP contribution in [0.5, 0.6) is 0 Å². The Morgan fingerprint density at radius 2 is 2.17 bits per heavy atom. The van der Waals surface area contributed by atoms with E-state index in [-0.39, 0.29) is 5.82 Å². The van der Waals surface area contributed by atoms with Crippen LogP contribution < -0.4 is 0 Å². The van der Waals surface area contributed by atoms with E-state index in [1.54, 1.807) is 6.07 Å². The predicted octanol–water partition coefficient (Wildman–Crippen LogP) is 3.09. The van der Waals surface area contributed by atoms with Gasteiger partial charge in [0.05, 0.1) is 0 Å². The molecule has 0 nitrogen and oxygen atoms in total. The lowest BCUT2D eigenvalue weighted by molar-refractivity contribution is 0.616. The molecule has 62 valence electrons. The van der Waals surface area contributed by atoms with Gasteiger partial charge in [-0.1, -0.05) is 18.2 Å². The first-order chi connectivity index (χ1) is 5.79. The molecule has 1 aliphatic carbocycles. The predicted molar refractivity (Wildman–Crippen MR) is 48.5 cm³/mol. The summed E-state index contributed by atoms with van der Waals surface area (Å²) in [7, 11) is 0. The molecule has 0 atom stereocenters. The Bertz CT molecular complexity index is 337. The standard InChI is InChI=1S/C11H11F/c1-8-10-5-3-2-4-9(10)6-7-11(8)12/h3,5-7H,2,4H2,1H3. The van der Waals surface area contributed by atoms with Crippen LogP contribution in [-0.2, 0) is 6.42 Å². The van der Waals surface area contributed by atoms with Gasteiger partial charge in [-0.3, -0.25) is 0 Å². The smallest absolute Gasteiger partial charge is 0.126 e. The fourth-order valence-corrected chi connectivity index (χ4v) is 1.65. The minimum absolute atomic E-state index is 0.0969. The van der Waals surface area contributed by atoms with Crippen molar-refractivity contribution in [2.75, 3.05) is 0 Å². The SMILES string of the molecule is Cc1c(F)ccc2c1C=CCC2. The lowest BCUT2D eigenvalue weighted by Gasteiger charge is -2.12.